The van der Waals surface area contributed by atoms with Gasteiger partial charge < -0.3 is 10.6 Å². The van der Waals surface area contributed by atoms with E-state index in [9.17, 15) is 18.0 Å². The monoisotopic (exact) mass is 298 g/mol. The summed E-state index contributed by atoms with van der Waals surface area (Å²) in [5.41, 5.74) is -1.24. The number of nitrogens with zero attached hydrogens (tertiary/aromatic N) is 2. The van der Waals surface area contributed by atoms with Gasteiger partial charge in [0.1, 0.15) is 5.82 Å². The van der Waals surface area contributed by atoms with Crippen LogP contribution in [0, 0.1) is 0 Å². The first kappa shape index (κ1) is 14.9. The number of aromatic nitrogens is 2. The molecular formula is C13H13F3N4O. The normalized spacial score (nSPS) is 11.3. The second-order valence-corrected chi connectivity index (χ2v) is 4.27. The molecule has 0 spiro atoms. The van der Waals surface area contributed by atoms with E-state index in [1.807, 2.05) is 0 Å². The van der Waals surface area contributed by atoms with Gasteiger partial charge in [0, 0.05) is 20.2 Å². The molecule has 0 bridgehead atoms. The molecule has 0 saturated heterocycles. The summed E-state index contributed by atoms with van der Waals surface area (Å²) in [6, 6.07) is 4.99. The van der Waals surface area contributed by atoms with Crippen LogP contribution in [0.3, 0.4) is 0 Å². The van der Waals surface area contributed by atoms with E-state index in [2.05, 4.69) is 15.7 Å². The van der Waals surface area contributed by atoms with E-state index in [4.69, 9.17) is 0 Å². The number of amides is 1. The van der Waals surface area contributed by atoms with Crippen LogP contribution in [0.25, 0.3) is 0 Å². The number of alkyl halides is 3. The van der Waals surface area contributed by atoms with Gasteiger partial charge >= 0.3 is 6.18 Å². The molecule has 0 atom stereocenters. The second kappa shape index (κ2) is 5.47. The maximum atomic E-state index is 12.9. The molecule has 0 aliphatic heterocycles. The summed E-state index contributed by atoms with van der Waals surface area (Å²) in [4.78, 5) is 12.2. The molecule has 5 nitrogen and oxygen atoms in total. The van der Waals surface area contributed by atoms with Crippen molar-refractivity contribution in [3.05, 3.63) is 41.6 Å². The molecule has 21 heavy (non-hydrogen) atoms. The second-order valence-electron chi connectivity index (χ2n) is 4.27. The molecule has 1 aromatic carbocycles. The third-order valence-electron chi connectivity index (χ3n) is 2.93. The Morgan fingerprint density at radius 2 is 2.00 bits per heavy atom. The van der Waals surface area contributed by atoms with Crippen LogP contribution in [0.2, 0.25) is 0 Å². The zero-order chi connectivity index (χ0) is 15.6. The topological polar surface area (TPSA) is 59.0 Å². The molecule has 0 radical (unpaired) electrons. The standard InChI is InChI=1S/C13H13F3N4O/c1-17-11-8(4-3-5-9(11)13(14,15)16)12(21)19-10-6-7-18-20(10)2/h3-7,17H,1-2H3,(H,19,21). The highest BCUT2D eigenvalue weighted by Gasteiger charge is 2.35. The number of carbonyl (C=O) groups excluding carboxylic acids is 1. The summed E-state index contributed by atoms with van der Waals surface area (Å²) in [5, 5.41) is 8.83. The number of halogens is 3. The smallest absolute Gasteiger partial charge is 0.387 e. The number of rotatable bonds is 3. The molecule has 2 aromatic rings. The van der Waals surface area contributed by atoms with Crippen molar-refractivity contribution in [2.24, 2.45) is 7.05 Å². The Hall–Kier alpha value is -2.51. The van der Waals surface area contributed by atoms with Gasteiger partial charge in [-0.25, -0.2) is 0 Å². The average Bonchev–Trinajstić information content (AvgIpc) is 2.82. The molecule has 0 fully saturated rings. The SMILES string of the molecule is CNc1c(C(=O)Nc2ccnn2C)cccc1C(F)(F)F. The lowest BCUT2D eigenvalue weighted by molar-refractivity contribution is -0.136. The Labute approximate surface area is 118 Å². The Morgan fingerprint density at radius 1 is 1.29 bits per heavy atom. The van der Waals surface area contributed by atoms with Gasteiger partial charge in [-0.2, -0.15) is 18.3 Å². The van der Waals surface area contributed by atoms with Crippen molar-refractivity contribution in [1.82, 2.24) is 9.78 Å². The number of hydrogen-bond donors (Lipinski definition) is 2. The van der Waals surface area contributed by atoms with Crippen LogP contribution in [0.1, 0.15) is 15.9 Å². The molecule has 1 aromatic heterocycles. The molecule has 2 rings (SSSR count). The summed E-state index contributed by atoms with van der Waals surface area (Å²) in [5.74, 6) is -0.256. The molecule has 0 aliphatic carbocycles. The van der Waals surface area contributed by atoms with Crippen molar-refractivity contribution in [3.8, 4) is 0 Å². The Morgan fingerprint density at radius 3 is 2.52 bits per heavy atom. The summed E-state index contributed by atoms with van der Waals surface area (Å²) < 4.78 is 40.2. The minimum absolute atomic E-state index is 0.0893. The lowest BCUT2D eigenvalue weighted by Gasteiger charge is -2.16. The van der Waals surface area contributed by atoms with Gasteiger partial charge in [-0.3, -0.25) is 9.48 Å². The van der Waals surface area contributed by atoms with Crippen LogP contribution >= 0.6 is 0 Å². The number of carbonyl (C=O) groups is 1. The Balaban J connectivity index is 2.40. The third-order valence-corrected chi connectivity index (χ3v) is 2.93. The Kier molecular flexibility index (Phi) is 3.88. The summed E-state index contributed by atoms with van der Waals surface area (Å²) in [7, 11) is 2.95. The fourth-order valence-corrected chi connectivity index (χ4v) is 1.93. The van der Waals surface area contributed by atoms with Gasteiger partial charge in [0.15, 0.2) is 0 Å². The van der Waals surface area contributed by atoms with E-state index in [0.29, 0.717) is 5.82 Å². The molecule has 2 N–H and O–H groups in total. The number of hydrogen-bond acceptors (Lipinski definition) is 3. The molecule has 0 saturated carbocycles. The van der Waals surface area contributed by atoms with E-state index in [-0.39, 0.29) is 11.3 Å². The number of benzene rings is 1. The van der Waals surface area contributed by atoms with Crippen molar-refractivity contribution in [3.63, 3.8) is 0 Å². The quantitative estimate of drug-likeness (QED) is 0.916. The summed E-state index contributed by atoms with van der Waals surface area (Å²) >= 11 is 0. The average molecular weight is 298 g/mol. The third kappa shape index (κ3) is 2.99. The fraction of sp³-hybridized carbons (Fsp3) is 0.231. The predicted molar refractivity (Wildman–Crippen MR) is 72.2 cm³/mol. The molecule has 8 heteroatoms. The number of anilines is 2. The van der Waals surface area contributed by atoms with Crippen LogP contribution in [0.4, 0.5) is 24.7 Å². The van der Waals surface area contributed by atoms with Crippen molar-refractivity contribution < 1.29 is 18.0 Å². The van der Waals surface area contributed by atoms with Crippen molar-refractivity contribution >= 4 is 17.4 Å². The van der Waals surface area contributed by atoms with Gasteiger partial charge in [0.05, 0.1) is 23.0 Å². The zero-order valence-corrected chi connectivity index (χ0v) is 11.3. The number of para-hydroxylation sites is 1. The zero-order valence-electron chi connectivity index (χ0n) is 11.3. The minimum atomic E-state index is -4.54. The van der Waals surface area contributed by atoms with Crippen LogP contribution in [0.15, 0.2) is 30.5 Å². The van der Waals surface area contributed by atoms with E-state index < -0.39 is 17.6 Å². The molecular weight excluding hydrogens is 285 g/mol. The predicted octanol–water partition coefficient (Wildman–Crippen LogP) is 2.73. The van der Waals surface area contributed by atoms with Crippen molar-refractivity contribution in [1.29, 1.82) is 0 Å². The van der Waals surface area contributed by atoms with E-state index in [1.165, 1.54) is 30.1 Å². The van der Waals surface area contributed by atoms with Crippen LogP contribution in [-0.2, 0) is 13.2 Å². The molecule has 112 valence electrons. The van der Waals surface area contributed by atoms with Gasteiger partial charge in [-0.1, -0.05) is 6.07 Å². The van der Waals surface area contributed by atoms with Crippen molar-refractivity contribution in [2.45, 2.75) is 6.18 Å². The highest BCUT2D eigenvalue weighted by atomic mass is 19.4. The van der Waals surface area contributed by atoms with Gasteiger partial charge in [0.25, 0.3) is 5.91 Å². The van der Waals surface area contributed by atoms with E-state index >= 15 is 0 Å². The maximum absolute atomic E-state index is 12.9. The summed E-state index contributed by atoms with van der Waals surface area (Å²) in [6.45, 7) is 0. The molecule has 1 amide bonds. The van der Waals surface area contributed by atoms with E-state index in [0.717, 1.165) is 6.07 Å². The van der Waals surface area contributed by atoms with Gasteiger partial charge in [-0.15, -0.1) is 0 Å². The lowest BCUT2D eigenvalue weighted by atomic mass is 10.1. The largest absolute Gasteiger partial charge is 0.418 e. The van der Waals surface area contributed by atoms with Gasteiger partial charge in [-0.05, 0) is 12.1 Å². The van der Waals surface area contributed by atoms with Crippen LogP contribution in [-0.4, -0.2) is 22.7 Å². The molecule has 0 unspecified atom stereocenters. The molecule has 1 heterocycles. The highest BCUT2D eigenvalue weighted by molar-refractivity contribution is 6.08. The fourth-order valence-electron chi connectivity index (χ4n) is 1.93. The first-order valence-electron chi connectivity index (χ1n) is 6.02. The number of nitrogens with one attached hydrogen (secondary N) is 2. The summed E-state index contributed by atoms with van der Waals surface area (Å²) in [6.07, 6.45) is -3.07. The van der Waals surface area contributed by atoms with Crippen LogP contribution in [0.5, 0.6) is 0 Å². The minimum Gasteiger partial charge on any atom is -0.387 e. The highest BCUT2D eigenvalue weighted by Crippen LogP contribution is 2.36. The van der Waals surface area contributed by atoms with Gasteiger partial charge in [0.2, 0.25) is 0 Å². The van der Waals surface area contributed by atoms with E-state index in [1.54, 1.807) is 13.1 Å². The maximum Gasteiger partial charge on any atom is 0.418 e. The first-order valence-corrected chi connectivity index (χ1v) is 6.02. The Bertz CT molecular complexity index is 664. The van der Waals surface area contributed by atoms with Crippen LogP contribution < -0.4 is 10.6 Å². The lowest BCUT2D eigenvalue weighted by Crippen LogP contribution is -2.19. The first-order chi connectivity index (χ1) is 9.84. The molecule has 0 aliphatic rings. The van der Waals surface area contributed by atoms with Crippen molar-refractivity contribution in [2.75, 3.05) is 17.7 Å². The number of aryl methyl sites for hydroxylation is 1.